The molecule has 6 nitrogen and oxygen atoms in total. The molecule has 4 aliphatic heterocycles. The third-order valence-electron chi connectivity index (χ3n) is 7.42. The molecule has 0 bridgehead atoms. The van der Waals surface area contributed by atoms with Crippen LogP contribution in [-0.2, 0) is 10.2 Å². The van der Waals surface area contributed by atoms with E-state index in [4.69, 9.17) is 14.2 Å². The minimum atomic E-state index is -0.805. The predicted molar refractivity (Wildman–Crippen MR) is 125 cm³/mol. The van der Waals surface area contributed by atoms with Gasteiger partial charge in [-0.1, -0.05) is 18.2 Å². The number of carbonyl (C=O) groups excluding carboxylic acids is 1. The Balaban J connectivity index is 1.30. The number of thiol groups is 1. The number of ether oxygens (including phenoxy) is 3. The monoisotopic (exact) mass is 452 g/mol. The van der Waals surface area contributed by atoms with Crippen LogP contribution in [0, 0.1) is 5.92 Å². The molecule has 4 aliphatic rings. The van der Waals surface area contributed by atoms with Gasteiger partial charge in [-0.2, -0.15) is 12.6 Å². The summed E-state index contributed by atoms with van der Waals surface area (Å²) in [4.78, 5) is 18.6. The first-order valence-electron chi connectivity index (χ1n) is 11.5. The molecular formula is C25H28N2O4S. The van der Waals surface area contributed by atoms with E-state index < -0.39 is 5.41 Å². The lowest BCUT2D eigenvalue weighted by atomic mass is 9.77. The summed E-state index contributed by atoms with van der Waals surface area (Å²) < 4.78 is 17.2. The first kappa shape index (κ1) is 20.2. The van der Waals surface area contributed by atoms with E-state index in [1.54, 1.807) is 0 Å². The van der Waals surface area contributed by atoms with E-state index in [0.29, 0.717) is 24.0 Å². The van der Waals surface area contributed by atoms with Gasteiger partial charge in [0.1, 0.15) is 17.8 Å². The number of hydrogen-bond donors (Lipinski definition) is 1. The van der Waals surface area contributed by atoms with Gasteiger partial charge in [0.25, 0.3) is 0 Å². The van der Waals surface area contributed by atoms with Crippen molar-refractivity contribution in [1.82, 2.24) is 4.90 Å². The number of para-hydroxylation sites is 1. The molecule has 168 valence electrons. The molecular weight excluding hydrogens is 424 g/mol. The molecule has 1 spiro atoms. The Kier molecular flexibility index (Phi) is 4.99. The molecule has 0 saturated carbocycles. The molecule has 1 saturated heterocycles. The number of benzene rings is 2. The average molecular weight is 453 g/mol. The smallest absolute Gasteiger partial charge is 0.245 e. The summed E-state index contributed by atoms with van der Waals surface area (Å²) in [6, 6.07) is 12.0. The second-order valence-corrected chi connectivity index (χ2v) is 9.64. The average Bonchev–Trinajstić information content (AvgIpc) is 3.50. The Hall–Kier alpha value is -2.38. The molecule has 2 aromatic rings. The summed E-state index contributed by atoms with van der Waals surface area (Å²) in [6.07, 6.45) is 3.38. The fraction of sp³-hybridized carbons (Fsp3) is 0.480. The SMILES string of the molecule is O=C1N(CC2CCN(CCCS)CC2)c2ccccc2C12COc1cc3c(cc12)OCO3. The number of piperidine rings is 1. The molecule has 7 heteroatoms. The highest BCUT2D eigenvalue weighted by Crippen LogP contribution is 2.55. The van der Waals surface area contributed by atoms with Gasteiger partial charge in [0.2, 0.25) is 12.7 Å². The van der Waals surface area contributed by atoms with E-state index in [1.165, 1.54) is 0 Å². The number of amides is 1. The third kappa shape index (κ3) is 3.01. The van der Waals surface area contributed by atoms with E-state index in [9.17, 15) is 4.79 Å². The summed E-state index contributed by atoms with van der Waals surface area (Å²) in [5.41, 5.74) is 2.14. The van der Waals surface area contributed by atoms with Crippen molar-refractivity contribution >= 4 is 24.2 Å². The van der Waals surface area contributed by atoms with E-state index >= 15 is 0 Å². The molecule has 32 heavy (non-hydrogen) atoms. The van der Waals surface area contributed by atoms with Crippen LogP contribution in [-0.4, -0.2) is 56.1 Å². The van der Waals surface area contributed by atoms with Crippen LogP contribution in [0.2, 0.25) is 0 Å². The molecule has 4 heterocycles. The van der Waals surface area contributed by atoms with Crippen molar-refractivity contribution < 1.29 is 19.0 Å². The number of hydrogen-bond acceptors (Lipinski definition) is 6. The summed E-state index contributed by atoms with van der Waals surface area (Å²) >= 11 is 4.34. The second kappa shape index (κ2) is 7.89. The van der Waals surface area contributed by atoms with Crippen LogP contribution in [0.25, 0.3) is 0 Å². The fourth-order valence-corrected chi connectivity index (χ4v) is 5.83. The maximum absolute atomic E-state index is 14.1. The Bertz CT molecular complexity index is 1050. The van der Waals surface area contributed by atoms with Crippen molar-refractivity contribution in [3.8, 4) is 17.2 Å². The second-order valence-electron chi connectivity index (χ2n) is 9.19. The first-order chi connectivity index (χ1) is 15.7. The van der Waals surface area contributed by atoms with Crippen LogP contribution >= 0.6 is 12.6 Å². The van der Waals surface area contributed by atoms with Crippen LogP contribution in [0.1, 0.15) is 30.4 Å². The van der Waals surface area contributed by atoms with Crippen LogP contribution in [0.15, 0.2) is 36.4 Å². The zero-order valence-corrected chi connectivity index (χ0v) is 19.0. The molecule has 0 radical (unpaired) electrons. The van der Waals surface area contributed by atoms with Crippen LogP contribution in [0.5, 0.6) is 17.2 Å². The van der Waals surface area contributed by atoms with Crippen molar-refractivity contribution in [2.24, 2.45) is 5.92 Å². The number of rotatable bonds is 5. The zero-order valence-electron chi connectivity index (χ0n) is 18.1. The van der Waals surface area contributed by atoms with E-state index in [2.05, 4.69) is 29.7 Å². The number of fused-ring (bicyclic) bond motifs is 5. The highest BCUT2D eigenvalue weighted by molar-refractivity contribution is 7.80. The molecule has 0 aliphatic carbocycles. The summed E-state index contributed by atoms with van der Waals surface area (Å²) in [5.74, 6) is 3.65. The lowest BCUT2D eigenvalue weighted by Gasteiger charge is -2.34. The van der Waals surface area contributed by atoms with E-state index in [1.807, 2.05) is 29.2 Å². The summed E-state index contributed by atoms with van der Waals surface area (Å²) in [6.45, 7) is 4.60. The Morgan fingerprint density at radius 2 is 1.78 bits per heavy atom. The molecule has 0 N–H and O–H groups in total. The Labute approximate surface area is 193 Å². The van der Waals surface area contributed by atoms with Gasteiger partial charge in [-0.15, -0.1) is 0 Å². The van der Waals surface area contributed by atoms with Crippen LogP contribution in [0.4, 0.5) is 5.69 Å². The van der Waals surface area contributed by atoms with Gasteiger partial charge in [0, 0.05) is 23.9 Å². The Morgan fingerprint density at radius 3 is 2.59 bits per heavy atom. The van der Waals surface area contributed by atoms with Gasteiger partial charge in [-0.05, 0) is 68.3 Å². The highest BCUT2D eigenvalue weighted by atomic mass is 32.1. The minimum Gasteiger partial charge on any atom is -0.491 e. The zero-order chi connectivity index (χ0) is 21.7. The molecule has 0 aromatic heterocycles. The van der Waals surface area contributed by atoms with Gasteiger partial charge in [-0.25, -0.2) is 0 Å². The molecule has 6 rings (SSSR count). The number of nitrogens with zero attached hydrogens (tertiary/aromatic N) is 2. The van der Waals surface area contributed by atoms with Gasteiger partial charge >= 0.3 is 0 Å². The minimum absolute atomic E-state index is 0.119. The van der Waals surface area contributed by atoms with Crippen molar-refractivity contribution in [3.05, 3.63) is 47.5 Å². The van der Waals surface area contributed by atoms with Gasteiger partial charge in [-0.3, -0.25) is 4.79 Å². The van der Waals surface area contributed by atoms with Crippen molar-refractivity contribution in [2.75, 3.05) is 50.2 Å². The van der Waals surface area contributed by atoms with Crippen LogP contribution < -0.4 is 19.1 Å². The fourth-order valence-electron chi connectivity index (χ4n) is 5.69. The lowest BCUT2D eigenvalue weighted by Crippen LogP contribution is -2.45. The quantitative estimate of drug-likeness (QED) is 0.704. The summed E-state index contributed by atoms with van der Waals surface area (Å²) in [5, 5.41) is 0. The molecule has 2 aromatic carbocycles. The van der Waals surface area contributed by atoms with E-state index in [-0.39, 0.29) is 12.7 Å². The topological polar surface area (TPSA) is 51.2 Å². The molecule has 1 amide bonds. The Morgan fingerprint density at radius 1 is 1.00 bits per heavy atom. The number of carbonyl (C=O) groups is 1. The number of likely N-dealkylation sites (tertiary alicyclic amines) is 1. The van der Waals surface area contributed by atoms with Gasteiger partial charge in [0.05, 0.1) is 0 Å². The predicted octanol–water partition coefficient (Wildman–Crippen LogP) is 3.47. The van der Waals surface area contributed by atoms with Crippen LogP contribution in [0.3, 0.4) is 0 Å². The lowest BCUT2D eigenvalue weighted by molar-refractivity contribution is -0.122. The standard InChI is InChI=1S/C25H28N2O4S/c28-24-25(15-29-21-13-23-22(12-19(21)25)30-16-31-23)18-4-1-2-5-20(18)27(24)14-17-6-9-26(10-7-17)8-3-11-32/h1-2,4-5,12-13,17,32H,3,6-11,14-16H2. The first-order valence-corrected chi connectivity index (χ1v) is 12.2. The normalized spacial score (nSPS) is 24.2. The molecule has 1 unspecified atom stereocenters. The molecule has 1 atom stereocenters. The highest BCUT2D eigenvalue weighted by Gasteiger charge is 2.57. The third-order valence-corrected chi connectivity index (χ3v) is 7.74. The maximum atomic E-state index is 14.1. The number of anilines is 1. The van der Waals surface area contributed by atoms with E-state index in [0.717, 1.165) is 73.8 Å². The maximum Gasteiger partial charge on any atom is 0.245 e. The largest absolute Gasteiger partial charge is 0.491 e. The summed E-state index contributed by atoms with van der Waals surface area (Å²) in [7, 11) is 0. The van der Waals surface area contributed by atoms with Gasteiger partial charge < -0.3 is 24.0 Å². The molecule has 1 fully saturated rings. The van der Waals surface area contributed by atoms with Gasteiger partial charge in [0.15, 0.2) is 11.5 Å². The van der Waals surface area contributed by atoms with Crippen molar-refractivity contribution in [1.29, 1.82) is 0 Å². The van der Waals surface area contributed by atoms with Crippen molar-refractivity contribution in [2.45, 2.75) is 24.7 Å². The van der Waals surface area contributed by atoms with Crippen molar-refractivity contribution in [3.63, 3.8) is 0 Å².